The Hall–Kier alpha value is -0.130. The number of hydrogen-bond acceptors (Lipinski definition) is 3. The average Bonchev–Trinajstić information content (AvgIpc) is 2.62. The van der Waals surface area contributed by atoms with Crippen molar-refractivity contribution in [3.05, 3.63) is 0 Å². The first-order valence-electron chi connectivity index (χ1n) is 11.7. The maximum atomic E-state index is 11.6. The van der Waals surface area contributed by atoms with Crippen molar-refractivity contribution in [1.29, 1.82) is 0 Å². The van der Waals surface area contributed by atoms with Gasteiger partial charge < -0.3 is 5.32 Å². The second-order valence-electron chi connectivity index (χ2n) is 8.08. The number of rotatable bonds is 21. The Bertz CT molecular complexity index is 398. The second-order valence-corrected chi connectivity index (χ2v) is 9.78. The summed E-state index contributed by atoms with van der Waals surface area (Å²) in [6.07, 6.45) is 20.3. The third-order valence-corrected chi connectivity index (χ3v) is 6.62. The van der Waals surface area contributed by atoms with E-state index in [1.807, 2.05) is 0 Å². The standard InChI is InChI=1S/C22H47NO3S/c1-3-5-7-9-11-12-13-14-15-17-19-22(27(24,25)26)21-23-20-18-16-10-8-6-4-2/h22-23H,3-21H2,1-2H3,(H,24,25,26). The van der Waals surface area contributed by atoms with Crippen molar-refractivity contribution < 1.29 is 13.0 Å². The van der Waals surface area contributed by atoms with E-state index in [1.54, 1.807) is 0 Å². The molecule has 5 heteroatoms. The lowest BCUT2D eigenvalue weighted by molar-refractivity contribution is 0.446. The zero-order valence-electron chi connectivity index (χ0n) is 18.2. The highest BCUT2D eigenvalue weighted by Crippen LogP contribution is 2.14. The molecule has 1 unspecified atom stereocenters. The molecular weight excluding hydrogens is 358 g/mol. The van der Waals surface area contributed by atoms with Crippen molar-refractivity contribution >= 4 is 10.1 Å². The fraction of sp³-hybridized carbons (Fsp3) is 1.00. The van der Waals surface area contributed by atoms with Crippen molar-refractivity contribution in [2.24, 2.45) is 0 Å². The zero-order chi connectivity index (χ0) is 20.2. The molecule has 0 fully saturated rings. The van der Waals surface area contributed by atoms with Gasteiger partial charge in [-0.2, -0.15) is 8.42 Å². The summed E-state index contributed by atoms with van der Waals surface area (Å²) >= 11 is 0. The van der Waals surface area contributed by atoms with E-state index >= 15 is 0 Å². The quantitative estimate of drug-likeness (QED) is 0.169. The lowest BCUT2D eigenvalue weighted by Crippen LogP contribution is -2.33. The lowest BCUT2D eigenvalue weighted by atomic mass is 10.1. The van der Waals surface area contributed by atoms with Crippen LogP contribution in [0.15, 0.2) is 0 Å². The van der Waals surface area contributed by atoms with E-state index in [9.17, 15) is 13.0 Å². The van der Waals surface area contributed by atoms with Gasteiger partial charge in [-0.05, 0) is 19.4 Å². The molecule has 0 aromatic carbocycles. The number of nitrogens with one attached hydrogen (secondary N) is 1. The topological polar surface area (TPSA) is 66.4 Å². The van der Waals surface area contributed by atoms with Crippen molar-refractivity contribution in [2.75, 3.05) is 13.1 Å². The molecule has 0 rings (SSSR count). The van der Waals surface area contributed by atoms with Crippen LogP contribution in [0.2, 0.25) is 0 Å². The average molecular weight is 406 g/mol. The van der Waals surface area contributed by atoms with Crippen LogP contribution in [0.3, 0.4) is 0 Å². The monoisotopic (exact) mass is 405 g/mol. The van der Waals surface area contributed by atoms with Gasteiger partial charge in [0, 0.05) is 6.54 Å². The minimum absolute atomic E-state index is 0.380. The van der Waals surface area contributed by atoms with Gasteiger partial charge >= 0.3 is 0 Å². The van der Waals surface area contributed by atoms with Gasteiger partial charge in [-0.3, -0.25) is 4.55 Å². The minimum Gasteiger partial charge on any atom is -0.315 e. The molecular formula is C22H47NO3S. The fourth-order valence-corrected chi connectivity index (χ4v) is 4.30. The lowest BCUT2D eigenvalue weighted by Gasteiger charge is -2.15. The van der Waals surface area contributed by atoms with Gasteiger partial charge in [0.2, 0.25) is 0 Å². The van der Waals surface area contributed by atoms with E-state index in [4.69, 9.17) is 0 Å². The Morgan fingerprint density at radius 2 is 1.07 bits per heavy atom. The minimum atomic E-state index is -3.94. The fourth-order valence-electron chi connectivity index (χ4n) is 3.51. The SMILES string of the molecule is CCCCCCCCCCCCC(CNCCCCCCCC)S(=O)(=O)O. The molecule has 0 aliphatic rings. The predicted octanol–water partition coefficient (Wildman–Crippen LogP) is 6.50. The molecule has 27 heavy (non-hydrogen) atoms. The van der Waals surface area contributed by atoms with Crippen LogP contribution in [-0.4, -0.2) is 31.3 Å². The third-order valence-electron chi connectivity index (χ3n) is 5.38. The highest BCUT2D eigenvalue weighted by Gasteiger charge is 2.21. The zero-order valence-corrected chi connectivity index (χ0v) is 19.0. The third kappa shape index (κ3) is 19.0. The molecule has 0 aliphatic heterocycles. The van der Waals surface area contributed by atoms with Gasteiger partial charge in [-0.15, -0.1) is 0 Å². The summed E-state index contributed by atoms with van der Waals surface area (Å²) in [6, 6.07) is 0. The highest BCUT2D eigenvalue weighted by atomic mass is 32.2. The predicted molar refractivity (Wildman–Crippen MR) is 118 cm³/mol. The summed E-state index contributed by atoms with van der Waals surface area (Å²) in [5.74, 6) is 0. The van der Waals surface area contributed by atoms with E-state index < -0.39 is 15.4 Å². The normalized spacial score (nSPS) is 13.1. The van der Waals surface area contributed by atoms with E-state index in [1.165, 1.54) is 83.5 Å². The van der Waals surface area contributed by atoms with Gasteiger partial charge in [0.1, 0.15) is 0 Å². The van der Waals surface area contributed by atoms with Crippen molar-refractivity contribution in [3.63, 3.8) is 0 Å². The molecule has 0 radical (unpaired) electrons. The molecule has 1 atom stereocenters. The largest absolute Gasteiger partial charge is 0.315 e. The second kappa shape index (κ2) is 19.2. The maximum Gasteiger partial charge on any atom is 0.269 e. The summed E-state index contributed by atoms with van der Waals surface area (Å²) < 4.78 is 32.6. The van der Waals surface area contributed by atoms with Crippen molar-refractivity contribution in [3.8, 4) is 0 Å². The molecule has 164 valence electrons. The van der Waals surface area contributed by atoms with Crippen LogP contribution in [0, 0.1) is 0 Å². The first kappa shape index (κ1) is 26.9. The summed E-state index contributed by atoms with van der Waals surface area (Å²) in [6.45, 7) is 5.68. The van der Waals surface area contributed by atoms with Crippen molar-refractivity contribution in [1.82, 2.24) is 5.32 Å². The Balaban J connectivity index is 3.66. The van der Waals surface area contributed by atoms with Crippen LogP contribution in [-0.2, 0) is 10.1 Å². The van der Waals surface area contributed by atoms with E-state index in [0.717, 1.165) is 25.8 Å². The Kier molecular flexibility index (Phi) is 19.1. The molecule has 0 bridgehead atoms. The molecule has 0 amide bonds. The summed E-state index contributed by atoms with van der Waals surface area (Å²) in [5, 5.41) is 2.58. The number of hydrogen-bond donors (Lipinski definition) is 2. The summed E-state index contributed by atoms with van der Waals surface area (Å²) in [7, 11) is -3.94. The van der Waals surface area contributed by atoms with Crippen LogP contribution in [0.5, 0.6) is 0 Å². The molecule has 0 saturated heterocycles. The van der Waals surface area contributed by atoms with Gasteiger partial charge in [-0.25, -0.2) is 0 Å². The van der Waals surface area contributed by atoms with E-state index in [-0.39, 0.29) is 0 Å². The smallest absolute Gasteiger partial charge is 0.269 e. The van der Waals surface area contributed by atoms with Crippen LogP contribution < -0.4 is 5.32 Å². The highest BCUT2D eigenvalue weighted by molar-refractivity contribution is 7.86. The Labute approximate surface area is 170 Å². The molecule has 0 aromatic heterocycles. The number of unbranched alkanes of at least 4 members (excludes halogenated alkanes) is 14. The molecule has 4 nitrogen and oxygen atoms in total. The van der Waals surface area contributed by atoms with Crippen LogP contribution in [0.4, 0.5) is 0 Å². The Morgan fingerprint density at radius 3 is 1.52 bits per heavy atom. The van der Waals surface area contributed by atoms with E-state index in [0.29, 0.717) is 13.0 Å². The van der Waals surface area contributed by atoms with Gasteiger partial charge in [0.25, 0.3) is 10.1 Å². The van der Waals surface area contributed by atoms with Crippen LogP contribution in [0.25, 0.3) is 0 Å². The summed E-state index contributed by atoms with van der Waals surface area (Å²) in [5.41, 5.74) is 0. The molecule has 0 heterocycles. The molecule has 0 spiro atoms. The summed E-state index contributed by atoms with van der Waals surface area (Å²) in [4.78, 5) is 0. The Morgan fingerprint density at radius 1 is 0.667 bits per heavy atom. The molecule has 0 aromatic rings. The van der Waals surface area contributed by atoms with Crippen LogP contribution >= 0.6 is 0 Å². The van der Waals surface area contributed by atoms with Gasteiger partial charge in [-0.1, -0.05) is 110 Å². The van der Waals surface area contributed by atoms with Gasteiger partial charge in [0.15, 0.2) is 0 Å². The first-order chi connectivity index (χ1) is 13.0. The molecule has 0 saturated carbocycles. The van der Waals surface area contributed by atoms with E-state index in [2.05, 4.69) is 19.2 Å². The van der Waals surface area contributed by atoms with Crippen molar-refractivity contribution in [2.45, 2.75) is 128 Å². The van der Waals surface area contributed by atoms with Gasteiger partial charge in [0.05, 0.1) is 5.25 Å². The first-order valence-corrected chi connectivity index (χ1v) is 13.2. The maximum absolute atomic E-state index is 11.6. The van der Waals surface area contributed by atoms with Crippen LogP contribution in [0.1, 0.15) is 123 Å². The molecule has 2 N–H and O–H groups in total. The molecule has 0 aliphatic carbocycles.